The third kappa shape index (κ3) is 5.12. The average molecular weight is 524 g/mol. The van der Waals surface area contributed by atoms with Crippen LogP contribution in [0.2, 0.25) is 11.1 Å². The molecule has 0 aliphatic carbocycles. The molecule has 1 aromatic carbocycles. The van der Waals surface area contributed by atoms with Crippen molar-refractivity contribution in [2.24, 2.45) is 0 Å². The maximum absolute atomic E-state index is 13.3. The Hall–Kier alpha value is -3.25. The van der Waals surface area contributed by atoms with Gasteiger partial charge in [-0.15, -0.1) is 0 Å². The van der Waals surface area contributed by atoms with Gasteiger partial charge in [0.1, 0.15) is 0 Å². The predicted molar refractivity (Wildman–Crippen MR) is 132 cm³/mol. The summed E-state index contributed by atoms with van der Waals surface area (Å²) in [6.07, 6.45) is 3.19. The molecular formula is C24H27N7O2Se. The number of carbonyl (C=O) groups excluding carboxylic acids is 1. The molecule has 4 rings (SSSR count). The minimum atomic E-state index is -0.331. The number of rotatable bonds is 7. The first-order valence-corrected chi connectivity index (χ1v) is 13.9. The Morgan fingerprint density at radius 3 is 2.71 bits per heavy atom. The van der Waals surface area contributed by atoms with Crippen molar-refractivity contribution in [2.45, 2.75) is 17.2 Å². The standard InChI is InChI=1S/C24H27N7O2Se/c1-30-6-8-31(9-7-30)24(32)21(14-34-3)29-22-19-11-16(4-5-20(19)27-15-28-22)18-10-17(12-25)23(33-2)26-13-18/h4-5,10-11,13,15,21H,6-9,14H2,1-3H3,(H,27,28,29)/t21-/m0/s1. The molecule has 0 unspecified atom stereocenters. The first-order valence-electron chi connectivity index (χ1n) is 11.0. The molecule has 0 saturated carbocycles. The molecule has 1 fully saturated rings. The van der Waals surface area contributed by atoms with Crippen molar-refractivity contribution in [2.75, 3.05) is 45.7 Å². The van der Waals surface area contributed by atoms with E-state index in [9.17, 15) is 10.1 Å². The number of nitriles is 1. The Morgan fingerprint density at radius 1 is 1.21 bits per heavy atom. The van der Waals surface area contributed by atoms with E-state index >= 15 is 0 Å². The van der Waals surface area contributed by atoms with Gasteiger partial charge in [-0.25, -0.2) is 0 Å². The fourth-order valence-corrected chi connectivity index (χ4v) is 5.13. The normalized spacial score (nSPS) is 15.1. The zero-order valence-corrected chi connectivity index (χ0v) is 21.2. The zero-order chi connectivity index (χ0) is 24.1. The monoisotopic (exact) mass is 525 g/mol. The number of hydrogen-bond donors (Lipinski definition) is 1. The van der Waals surface area contributed by atoms with Gasteiger partial charge >= 0.3 is 198 Å². The van der Waals surface area contributed by atoms with E-state index in [1.54, 1.807) is 12.3 Å². The van der Waals surface area contributed by atoms with E-state index in [1.807, 2.05) is 23.1 Å². The van der Waals surface area contributed by atoms with Crippen LogP contribution < -0.4 is 10.1 Å². The first kappa shape index (κ1) is 23.9. The number of nitrogens with one attached hydrogen (secondary N) is 1. The van der Waals surface area contributed by atoms with Crippen LogP contribution in [0.4, 0.5) is 5.82 Å². The Labute approximate surface area is 205 Å². The third-order valence-electron chi connectivity index (χ3n) is 5.89. The van der Waals surface area contributed by atoms with Crippen molar-refractivity contribution in [1.82, 2.24) is 24.8 Å². The Balaban J connectivity index is 1.66. The van der Waals surface area contributed by atoms with Gasteiger partial charge in [-0.2, -0.15) is 0 Å². The Bertz CT molecular complexity index is 1220. The molecule has 0 bridgehead atoms. The third-order valence-corrected chi connectivity index (χ3v) is 7.29. The topological polar surface area (TPSA) is 107 Å². The van der Waals surface area contributed by atoms with E-state index in [0.717, 1.165) is 53.5 Å². The number of pyridine rings is 1. The van der Waals surface area contributed by atoms with Crippen LogP contribution in [0.15, 0.2) is 36.8 Å². The molecule has 10 heteroatoms. The maximum atomic E-state index is 13.3. The summed E-state index contributed by atoms with van der Waals surface area (Å²) in [6.45, 7) is 3.25. The summed E-state index contributed by atoms with van der Waals surface area (Å²) in [6, 6.07) is 9.36. The number of fused-ring (bicyclic) bond motifs is 1. The SMILES string of the molecule is COc1ncc(-c2ccc3ncnc(N[C@@H](C[Se]C)C(=O)N4CCN(C)CC4)c3c2)cc1C#N. The molecular weight excluding hydrogens is 497 g/mol. The van der Waals surface area contributed by atoms with Gasteiger partial charge < -0.3 is 0 Å². The second kappa shape index (κ2) is 10.8. The van der Waals surface area contributed by atoms with E-state index in [4.69, 9.17) is 4.74 Å². The molecule has 3 aromatic rings. The van der Waals surface area contributed by atoms with Crippen molar-refractivity contribution >= 4 is 37.6 Å². The Morgan fingerprint density at radius 2 is 2.00 bits per heavy atom. The zero-order valence-electron chi connectivity index (χ0n) is 19.5. The van der Waals surface area contributed by atoms with Crippen LogP contribution in [0.1, 0.15) is 5.56 Å². The molecule has 1 aliphatic rings. The summed E-state index contributed by atoms with van der Waals surface area (Å²) in [5, 5.41) is 14.4. The molecule has 0 radical (unpaired) electrons. The number of benzene rings is 1. The molecule has 0 spiro atoms. The van der Waals surface area contributed by atoms with Gasteiger partial charge in [0.2, 0.25) is 0 Å². The predicted octanol–water partition coefficient (Wildman–Crippen LogP) is 2.30. The van der Waals surface area contributed by atoms with Crippen LogP contribution >= 0.6 is 0 Å². The van der Waals surface area contributed by atoms with Crippen molar-refractivity contribution in [3.05, 3.63) is 42.4 Å². The van der Waals surface area contributed by atoms with Gasteiger partial charge in [-0.3, -0.25) is 0 Å². The van der Waals surface area contributed by atoms with Crippen LogP contribution in [0.3, 0.4) is 0 Å². The summed E-state index contributed by atoms with van der Waals surface area (Å²) in [7, 11) is 3.57. The molecule has 176 valence electrons. The second-order valence-electron chi connectivity index (χ2n) is 8.13. The second-order valence-corrected chi connectivity index (χ2v) is 10.0. The van der Waals surface area contributed by atoms with Crippen LogP contribution in [-0.4, -0.2) is 92.0 Å². The van der Waals surface area contributed by atoms with E-state index in [1.165, 1.54) is 13.4 Å². The minimum absolute atomic E-state index is 0.123. The quantitative estimate of drug-likeness (QED) is 0.470. The fourth-order valence-electron chi connectivity index (χ4n) is 3.96. The van der Waals surface area contributed by atoms with Crippen LogP contribution in [0, 0.1) is 11.3 Å². The summed E-state index contributed by atoms with van der Waals surface area (Å²) >= 11 is 0.316. The molecule has 34 heavy (non-hydrogen) atoms. The molecule has 1 N–H and O–H groups in total. The Kier molecular flexibility index (Phi) is 7.58. The summed E-state index contributed by atoms with van der Waals surface area (Å²) in [5.41, 5.74) is 2.80. The number of aromatic nitrogens is 3. The number of piperazine rings is 1. The van der Waals surface area contributed by atoms with Gasteiger partial charge in [-0.1, -0.05) is 0 Å². The van der Waals surface area contributed by atoms with E-state index < -0.39 is 0 Å². The van der Waals surface area contributed by atoms with Crippen molar-refractivity contribution in [3.8, 4) is 23.1 Å². The van der Waals surface area contributed by atoms with Gasteiger partial charge in [0.25, 0.3) is 0 Å². The van der Waals surface area contributed by atoms with Crippen LogP contribution in [0.5, 0.6) is 5.88 Å². The molecule has 1 aliphatic heterocycles. The number of hydrogen-bond acceptors (Lipinski definition) is 8. The number of anilines is 1. The fraction of sp³-hybridized carbons (Fsp3) is 0.375. The molecule has 1 saturated heterocycles. The number of ether oxygens (including phenoxy) is 1. The summed E-state index contributed by atoms with van der Waals surface area (Å²) in [4.78, 5) is 30.6. The van der Waals surface area contributed by atoms with Gasteiger partial charge in [0.15, 0.2) is 0 Å². The molecule has 9 nitrogen and oxygen atoms in total. The van der Waals surface area contributed by atoms with Gasteiger partial charge in [0, 0.05) is 0 Å². The van der Waals surface area contributed by atoms with Crippen molar-refractivity contribution in [1.29, 1.82) is 5.26 Å². The number of carbonyl (C=O) groups is 1. The molecule has 1 amide bonds. The van der Waals surface area contributed by atoms with Crippen LogP contribution in [-0.2, 0) is 4.79 Å². The molecule has 3 heterocycles. The number of likely N-dealkylation sites (N-methyl/N-ethyl adjacent to an activating group) is 1. The van der Waals surface area contributed by atoms with Crippen molar-refractivity contribution in [3.63, 3.8) is 0 Å². The first-order chi connectivity index (χ1) is 16.5. The van der Waals surface area contributed by atoms with E-state index in [2.05, 4.69) is 44.1 Å². The summed E-state index contributed by atoms with van der Waals surface area (Å²) in [5.74, 6) is 3.19. The number of methoxy groups -OCH3 is 1. The van der Waals surface area contributed by atoms with Gasteiger partial charge in [-0.05, 0) is 0 Å². The van der Waals surface area contributed by atoms with E-state index in [-0.39, 0.29) is 11.9 Å². The number of nitrogens with zero attached hydrogens (tertiary/aromatic N) is 6. The summed E-state index contributed by atoms with van der Waals surface area (Å²) < 4.78 is 5.16. The van der Waals surface area contributed by atoms with Crippen LogP contribution in [0.25, 0.3) is 22.0 Å². The number of amides is 1. The average Bonchev–Trinajstić information content (AvgIpc) is 2.88. The molecule has 1 atom stereocenters. The van der Waals surface area contributed by atoms with E-state index in [0.29, 0.717) is 32.2 Å². The molecule has 2 aromatic heterocycles. The van der Waals surface area contributed by atoms with Gasteiger partial charge in [0.05, 0.1) is 7.11 Å². The van der Waals surface area contributed by atoms with Crippen molar-refractivity contribution < 1.29 is 9.53 Å².